The van der Waals surface area contributed by atoms with E-state index in [2.05, 4.69) is 195 Å². The summed E-state index contributed by atoms with van der Waals surface area (Å²) in [6, 6.07) is 52.4. The van der Waals surface area contributed by atoms with Gasteiger partial charge in [0.15, 0.2) is 0 Å². The van der Waals surface area contributed by atoms with Gasteiger partial charge in [-0.3, -0.25) is 0 Å². The fourth-order valence-corrected chi connectivity index (χ4v) is 9.17. The Hall–Kier alpha value is -6.12. The van der Waals surface area contributed by atoms with Gasteiger partial charge in [-0.15, -0.1) is 0 Å². The highest BCUT2D eigenvalue weighted by molar-refractivity contribution is 6.22. The molecule has 0 saturated heterocycles. The average molecular weight is 683 g/mol. The van der Waals surface area contributed by atoms with E-state index >= 15 is 0 Å². The number of aryl methyl sites for hydroxylation is 2. The van der Waals surface area contributed by atoms with Gasteiger partial charge < -0.3 is 9.47 Å². The highest BCUT2D eigenvalue weighted by atomic mass is 15.1. The molecule has 0 fully saturated rings. The van der Waals surface area contributed by atoms with Crippen molar-refractivity contribution in [3.05, 3.63) is 180 Å². The number of benzene rings is 7. The van der Waals surface area contributed by atoms with Crippen molar-refractivity contribution in [2.24, 2.45) is 0 Å². The molecule has 7 aromatic carbocycles. The summed E-state index contributed by atoms with van der Waals surface area (Å²) < 4.78 is 2.46. The SMILES string of the molecule is Cc1cc(C)cc(N(c2ccc(-c3ccc4c(c3)c3c5ccccc5ccc3n4C3=CCCC=C3)cc2)c2ccc3c(c2)C(C)(C)c2ccccc2-3)c1. The zero-order valence-electron chi connectivity index (χ0n) is 30.8. The fourth-order valence-electron chi connectivity index (χ4n) is 9.17. The first-order valence-electron chi connectivity index (χ1n) is 18.9. The van der Waals surface area contributed by atoms with Crippen molar-refractivity contribution < 1.29 is 0 Å². The Bertz CT molecular complexity index is 2800. The van der Waals surface area contributed by atoms with Gasteiger partial charge in [0.1, 0.15) is 0 Å². The summed E-state index contributed by atoms with van der Waals surface area (Å²) >= 11 is 0. The number of hydrogen-bond donors (Lipinski definition) is 0. The molecule has 0 bridgehead atoms. The Labute approximate surface area is 312 Å². The molecular formula is C51H42N2. The predicted molar refractivity (Wildman–Crippen MR) is 227 cm³/mol. The lowest BCUT2D eigenvalue weighted by molar-refractivity contribution is 0.660. The van der Waals surface area contributed by atoms with Crippen molar-refractivity contribution in [3.8, 4) is 22.3 Å². The van der Waals surface area contributed by atoms with Gasteiger partial charge >= 0.3 is 0 Å². The van der Waals surface area contributed by atoms with E-state index in [9.17, 15) is 0 Å². The number of nitrogens with zero attached hydrogens (tertiary/aromatic N) is 2. The van der Waals surface area contributed by atoms with E-state index in [4.69, 9.17) is 0 Å². The third-order valence-electron chi connectivity index (χ3n) is 11.6. The zero-order chi connectivity index (χ0) is 35.8. The van der Waals surface area contributed by atoms with E-state index in [0.29, 0.717) is 0 Å². The van der Waals surface area contributed by atoms with Crippen molar-refractivity contribution in [2.75, 3.05) is 4.90 Å². The first-order chi connectivity index (χ1) is 25.8. The second-order valence-corrected chi connectivity index (χ2v) is 15.5. The largest absolute Gasteiger partial charge is 0.310 e. The van der Waals surface area contributed by atoms with Crippen molar-refractivity contribution in [3.63, 3.8) is 0 Å². The molecule has 1 heterocycles. The second-order valence-electron chi connectivity index (χ2n) is 15.5. The first-order valence-corrected chi connectivity index (χ1v) is 18.9. The first kappa shape index (κ1) is 31.6. The van der Waals surface area contributed by atoms with Crippen molar-refractivity contribution >= 4 is 55.3 Å². The van der Waals surface area contributed by atoms with E-state index in [0.717, 1.165) is 18.5 Å². The van der Waals surface area contributed by atoms with Crippen LogP contribution >= 0.6 is 0 Å². The number of aromatic nitrogens is 1. The van der Waals surface area contributed by atoms with E-state index < -0.39 is 0 Å². The molecule has 2 aliphatic carbocycles. The Morgan fingerprint density at radius 2 is 1.26 bits per heavy atom. The topological polar surface area (TPSA) is 8.17 Å². The van der Waals surface area contributed by atoms with Crippen LogP contribution in [0.25, 0.3) is 60.5 Å². The van der Waals surface area contributed by atoms with Crippen molar-refractivity contribution in [2.45, 2.75) is 46.0 Å². The highest BCUT2D eigenvalue weighted by Gasteiger charge is 2.35. The van der Waals surface area contributed by atoms with Crippen LogP contribution in [0.1, 0.15) is 48.9 Å². The van der Waals surface area contributed by atoms with Crippen LogP contribution in [0.15, 0.2) is 158 Å². The lowest BCUT2D eigenvalue weighted by atomic mass is 9.82. The molecule has 2 heteroatoms. The van der Waals surface area contributed by atoms with E-state index in [1.165, 1.54) is 94.2 Å². The average Bonchev–Trinajstić information content (AvgIpc) is 3.63. The maximum absolute atomic E-state index is 2.46. The normalized spacial score (nSPS) is 14.5. The summed E-state index contributed by atoms with van der Waals surface area (Å²) in [5.41, 5.74) is 17.6. The molecule has 10 rings (SSSR count). The smallest absolute Gasteiger partial charge is 0.0547 e. The van der Waals surface area contributed by atoms with Gasteiger partial charge in [-0.1, -0.05) is 111 Å². The molecule has 0 unspecified atom stereocenters. The van der Waals surface area contributed by atoms with Crippen LogP contribution < -0.4 is 4.90 Å². The summed E-state index contributed by atoms with van der Waals surface area (Å²) in [5.74, 6) is 0. The summed E-state index contributed by atoms with van der Waals surface area (Å²) in [5, 5.41) is 5.18. The molecule has 256 valence electrons. The molecule has 0 radical (unpaired) electrons. The number of fused-ring (bicyclic) bond motifs is 8. The molecule has 0 amide bonds. The molecule has 53 heavy (non-hydrogen) atoms. The van der Waals surface area contributed by atoms with Crippen molar-refractivity contribution in [1.82, 2.24) is 4.57 Å². The Morgan fingerprint density at radius 1 is 0.547 bits per heavy atom. The van der Waals surface area contributed by atoms with E-state index in [1.54, 1.807) is 0 Å². The van der Waals surface area contributed by atoms with Crippen LogP contribution in [0.4, 0.5) is 17.1 Å². The Balaban J connectivity index is 1.10. The molecule has 0 atom stereocenters. The third-order valence-corrected chi connectivity index (χ3v) is 11.6. The van der Waals surface area contributed by atoms with Crippen molar-refractivity contribution in [1.29, 1.82) is 0 Å². The van der Waals surface area contributed by atoms with Gasteiger partial charge in [-0.25, -0.2) is 0 Å². The van der Waals surface area contributed by atoms with Gasteiger partial charge in [0.05, 0.1) is 11.0 Å². The lowest BCUT2D eigenvalue weighted by Crippen LogP contribution is -2.16. The molecule has 0 N–H and O–H groups in total. The highest BCUT2D eigenvalue weighted by Crippen LogP contribution is 2.51. The molecule has 8 aromatic rings. The van der Waals surface area contributed by atoms with Crippen LogP contribution in [0.3, 0.4) is 0 Å². The molecule has 0 saturated carbocycles. The molecule has 0 spiro atoms. The standard InChI is InChI=1S/C51H42N2/c1-33-28-34(2)30-41(29-33)52(40-24-25-44-43-16-10-11-17-46(43)51(3,4)47(44)32-40)39-22-18-35(19-23-39)37-21-26-48-45(31-37)50-42-15-9-8-12-36(42)20-27-49(50)53(48)38-13-6-5-7-14-38/h6,8-32H,5,7H2,1-4H3. The van der Waals surface area contributed by atoms with Crippen LogP contribution in [-0.4, -0.2) is 4.57 Å². The Morgan fingerprint density at radius 3 is 2.08 bits per heavy atom. The summed E-state index contributed by atoms with van der Waals surface area (Å²) in [4.78, 5) is 2.43. The van der Waals surface area contributed by atoms with Gasteiger partial charge in [0.2, 0.25) is 0 Å². The number of hydrogen-bond acceptors (Lipinski definition) is 1. The summed E-state index contributed by atoms with van der Waals surface area (Å²) in [6.45, 7) is 9.10. The maximum atomic E-state index is 2.46. The van der Waals surface area contributed by atoms with E-state index in [1.807, 2.05) is 0 Å². The van der Waals surface area contributed by atoms with Gasteiger partial charge in [0.25, 0.3) is 0 Å². The molecule has 0 aliphatic heterocycles. The monoisotopic (exact) mass is 682 g/mol. The zero-order valence-corrected chi connectivity index (χ0v) is 30.8. The molecular weight excluding hydrogens is 641 g/mol. The minimum Gasteiger partial charge on any atom is -0.310 e. The van der Waals surface area contributed by atoms with Gasteiger partial charge in [0, 0.05) is 38.9 Å². The fraction of sp³-hybridized carbons (Fsp3) is 0.137. The van der Waals surface area contributed by atoms with Gasteiger partial charge in [-0.2, -0.15) is 0 Å². The van der Waals surface area contributed by atoms with Crippen LogP contribution in [0.2, 0.25) is 0 Å². The predicted octanol–water partition coefficient (Wildman–Crippen LogP) is 14.2. The Kier molecular flexibility index (Phi) is 7.14. The third kappa shape index (κ3) is 5.00. The van der Waals surface area contributed by atoms with Gasteiger partial charge in [-0.05, 0) is 143 Å². The molecule has 2 aliphatic rings. The summed E-state index contributed by atoms with van der Waals surface area (Å²) in [7, 11) is 0. The lowest BCUT2D eigenvalue weighted by Gasteiger charge is -2.29. The van der Waals surface area contributed by atoms with Crippen LogP contribution in [0, 0.1) is 13.8 Å². The number of anilines is 3. The second kappa shape index (κ2) is 12.0. The van der Waals surface area contributed by atoms with Crippen LogP contribution in [-0.2, 0) is 5.41 Å². The minimum absolute atomic E-state index is 0.0725. The minimum atomic E-state index is -0.0725. The van der Waals surface area contributed by atoms with Crippen LogP contribution in [0.5, 0.6) is 0 Å². The molecule has 2 nitrogen and oxygen atoms in total. The van der Waals surface area contributed by atoms with E-state index in [-0.39, 0.29) is 5.41 Å². The number of rotatable bonds is 5. The maximum Gasteiger partial charge on any atom is 0.0547 e. The quantitative estimate of drug-likeness (QED) is 0.175. The number of allylic oxidation sites excluding steroid dienone is 4. The molecule has 1 aromatic heterocycles. The summed E-state index contributed by atoms with van der Waals surface area (Å²) in [6.07, 6.45) is 9.13.